The van der Waals surface area contributed by atoms with Gasteiger partial charge in [-0.2, -0.15) is 18.3 Å². The van der Waals surface area contributed by atoms with E-state index in [9.17, 15) is 31.9 Å². The number of aryl methyl sites for hydroxylation is 1. The van der Waals surface area contributed by atoms with Gasteiger partial charge in [0.1, 0.15) is 28.2 Å². The van der Waals surface area contributed by atoms with Gasteiger partial charge in [0.15, 0.2) is 17.9 Å². The Balaban J connectivity index is 1.57. The second kappa shape index (κ2) is 10.1. The van der Waals surface area contributed by atoms with E-state index in [0.29, 0.717) is 35.7 Å². The first-order valence-corrected chi connectivity index (χ1v) is 12.8. The second-order valence-electron chi connectivity index (χ2n) is 10.6. The Morgan fingerprint density at radius 1 is 1.12 bits per heavy atom. The highest BCUT2D eigenvalue weighted by molar-refractivity contribution is 6.47. The first-order valence-electron chi connectivity index (χ1n) is 12.8. The number of para-hydroxylation sites is 1. The van der Waals surface area contributed by atoms with Crippen LogP contribution in [0.15, 0.2) is 47.6 Å². The molecule has 4 N–H and O–H groups in total. The lowest BCUT2D eigenvalue weighted by Gasteiger charge is -2.27. The number of aliphatic hydroxyl groups is 1. The largest absolute Gasteiger partial charge is 0.400 e. The van der Waals surface area contributed by atoms with Crippen molar-refractivity contribution < 1.29 is 31.9 Å². The van der Waals surface area contributed by atoms with E-state index in [4.69, 9.17) is 5.73 Å². The summed E-state index contributed by atoms with van der Waals surface area (Å²) >= 11 is 0. The topological polar surface area (TPSA) is 112 Å². The molecule has 3 heterocycles. The number of hydrogen-bond donors (Lipinski definition) is 3. The molecular weight excluding hydrogens is 549 g/mol. The third-order valence-corrected chi connectivity index (χ3v) is 7.38. The number of rotatable bonds is 5. The molecule has 5 rings (SSSR count). The number of hydrazone groups is 1. The number of hydrogen-bond acceptors (Lipinski definition) is 7. The monoisotopic (exact) mass is 577 g/mol. The van der Waals surface area contributed by atoms with E-state index in [-0.39, 0.29) is 28.8 Å². The number of alkyl halides is 3. The number of fused-ring (bicyclic) bond motifs is 1. The molecule has 0 aliphatic carbocycles. The molecule has 9 nitrogen and oxygen atoms in total. The number of halogens is 5. The lowest BCUT2D eigenvalue weighted by molar-refractivity contribution is -0.182. The number of benzene rings is 2. The van der Waals surface area contributed by atoms with Gasteiger partial charge in [-0.05, 0) is 56.7 Å². The van der Waals surface area contributed by atoms with E-state index in [1.54, 1.807) is 12.1 Å². The van der Waals surface area contributed by atoms with E-state index in [1.807, 2.05) is 4.90 Å². The van der Waals surface area contributed by atoms with Gasteiger partial charge in [0.25, 0.3) is 5.91 Å². The van der Waals surface area contributed by atoms with Gasteiger partial charge in [0.2, 0.25) is 0 Å². The number of nitrogens with zero attached hydrogens (tertiary/aromatic N) is 5. The molecule has 1 amide bonds. The van der Waals surface area contributed by atoms with E-state index in [2.05, 4.69) is 15.4 Å². The van der Waals surface area contributed by atoms with Gasteiger partial charge in [-0.3, -0.25) is 4.79 Å². The Morgan fingerprint density at radius 2 is 1.80 bits per heavy atom. The Labute approximate surface area is 231 Å². The van der Waals surface area contributed by atoms with Gasteiger partial charge in [-0.25, -0.2) is 18.8 Å². The maximum absolute atomic E-state index is 14.4. The quantitative estimate of drug-likeness (QED) is 0.397. The molecule has 14 heteroatoms. The lowest BCUT2D eigenvalue weighted by Crippen LogP contribution is -2.38. The third-order valence-electron chi connectivity index (χ3n) is 7.38. The van der Waals surface area contributed by atoms with E-state index in [0.717, 1.165) is 38.1 Å². The fraction of sp³-hybridized carbons (Fsp3) is 0.370. The predicted octanol–water partition coefficient (Wildman–Crippen LogP) is 3.92. The van der Waals surface area contributed by atoms with Gasteiger partial charge in [0, 0.05) is 26.2 Å². The van der Waals surface area contributed by atoms with Crippen LogP contribution >= 0.6 is 0 Å². The summed E-state index contributed by atoms with van der Waals surface area (Å²) in [5.74, 6) is -2.97. The van der Waals surface area contributed by atoms with Crippen LogP contribution in [0.3, 0.4) is 0 Å². The minimum atomic E-state index is -4.57. The number of amides is 1. The van der Waals surface area contributed by atoms with E-state index in [1.165, 1.54) is 17.7 Å². The fourth-order valence-electron chi connectivity index (χ4n) is 5.01. The van der Waals surface area contributed by atoms with Crippen molar-refractivity contribution in [1.82, 2.24) is 9.55 Å². The van der Waals surface area contributed by atoms with Gasteiger partial charge in [0.05, 0.1) is 16.9 Å². The summed E-state index contributed by atoms with van der Waals surface area (Å²) in [5, 5.41) is 17.6. The molecule has 218 valence electrons. The SMILES string of the molecule is Cn1c(C(C)(C)C(F)(F)F)nc2c(N3CC[C@@H](N)C3)c(NC(=O)C3=NN(c4c(F)cccc4F)C(O)C=C3)ccc21. The number of carbonyl (C=O) groups excluding carboxylic acids is 1. The van der Waals surface area contributed by atoms with Crippen molar-refractivity contribution in [1.29, 1.82) is 0 Å². The van der Waals surface area contributed by atoms with Crippen LogP contribution in [0.4, 0.5) is 39.0 Å². The highest BCUT2D eigenvalue weighted by atomic mass is 19.4. The van der Waals surface area contributed by atoms with Crippen LogP contribution in [-0.4, -0.2) is 57.8 Å². The first-order chi connectivity index (χ1) is 19.2. The van der Waals surface area contributed by atoms with E-state index < -0.39 is 41.0 Å². The Morgan fingerprint density at radius 3 is 2.41 bits per heavy atom. The van der Waals surface area contributed by atoms with Gasteiger partial charge >= 0.3 is 6.18 Å². The minimum Gasteiger partial charge on any atom is -0.368 e. The predicted molar refractivity (Wildman–Crippen MR) is 145 cm³/mol. The molecule has 2 atom stereocenters. The third kappa shape index (κ3) is 4.90. The van der Waals surface area contributed by atoms with Gasteiger partial charge in [-0.15, -0.1) is 0 Å². The van der Waals surface area contributed by atoms with Crippen LogP contribution in [-0.2, 0) is 17.3 Å². The average Bonchev–Trinajstić information content (AvgIpc) is 3.47. The molecule has 1 saturated heterocycles. The number of aliphatic hydroxyl groups excluding tert-OH is 1. The molecule has 1 fully saturated rings. The van der Waals surface area contributed by atoms with Crippen molar-refractivity contribution >= 4 is 39.7 Å². The Hall–Kier alpha value is -4.04. The summed E-state index contributed by atoms with van der Waals surface area (Å²) in [5.41, 5.74) is 4.23. The van der Waals surface area contributed by atoms with Crippen LogP contribution in [0.25, 0.3) is 11.0 Å². The van der Waals surface area contributed by atoms with Crippen molar-refractivity contribution in [2.24, 2.45) is 17.9 Å². The van der Waals surface area contributed by atoms with Gasteiger partial charge in [-0.1, -0.05) is 6.07 Å². The number of imidazole rings is 1. The average molecular weight is 578 g/mol. The zero-order chi connectivity index (χ0) is 29.9. The minimum absolute atomic E-state index is 0.194. The zero-order valence-electron chi connectivity index (χ0n) is 22.4. The highest BCUT2D eigenvalue weighted by Crippen LogP contribution is 2.43. The van der Waals surface area contributed by atoms with Crippen LogP contribution in [0, 0.1) is 11.6 Å². The van der Waals surface area contributed by atoms with Crippen molar-refractivity contribution in [3.05, 3.63) is 59.9 Å². The van der Waals surface area contributed by atoms with Gasteiger partial charge < -0.3 is 25.6 Å². The molecule has 2 aliphatic rings. The van der Waals surface area contributed by atoms with Crippen LogP contribution in [0.5, 0.6) is 0 Å². The molecule has 1 aromatic heterocycles. The molecule has 0 radical (unpaired) electrons. The standard InChI is InChI=1S/C27H28F5N7O2/c1-26(2,27(30,31)32)25-35-21-19(37(25)3)9-7-17(23(21)38-12-11-14(33)13-38)34-24(41)18-8-10-20(40)39(36-18)22-15(28)5-4-6-16(22)29/h4-10,14,20,40H,11-13,33H2,1-3H3,(H,34,41)/t14-,20?/m1/s1. The highest BCUT2D eigenvalue weighted by Gasteiger charge is 2.51. The molecular formula is C27H28F5N7O2. The number of nitrogens with two attached hydrogens (primary N) is 1. The first kappa shape index (κ1) is 28.5. The summed E-state index contributed by atoms with van der Waals surface area (Å²) < 4.78 is 72.0. The van der Waals surface area contributed by atoms with Crippen LogP contribution < -0.4 is 21.0 Å². The van der Waals surface area contributed by atoms with Crippen LogP contribution in [0.2, 0.25) is 0 Å². The molecule has 0 spiro atoms. The Bertz CT molecular complexity index is 1560. The molecule has 2 aliphatic heterocycles. The second-order valence-corrected chi connectivity index (χ2v) is 10.6. The summed E-state index contributed by atoms with van der Waals surface area (Å²) in [6.07, 6.45) is -3.16. The molecule has 1 unspecified atom stereocenters. The number of nitrogens with one attached hydrogen (secondary N) is 1. The number of anilines is 3. The number of aromatic nitrogens is 2. The van der Waals surface area contributed by atoms with Crippen molar-refractivity contribution in [2.75, 3.05) is 28.3 Å². The maximum atomic E-state index is 14.4. The molecule has 3 aromatic rings. The Kier molecular flexibility index (Phi) is 7.02. The van der Waals surface area contributed by atoms with Crippen molar-refractivity contribution in [3.63, 3.8) is 0 Å². The van der Waals surface area contributed by atoms with Crippen LogP contribution in [0.1, 0.15) is 26.1 Å². The molecule has 0 bridgehead atoms. The zero-order valence-corrected chi connectivity index (χ0v) is 22.4. The maximum Gasteiger partial charge on any atom is 0.400 e. The smallest absolute Gasteiger partial charge is 0.368 e. The summed E-state index contributed by atoms with van der Waals surface area (Å²) in [6, 6.07) is 6.03. The van der Waals surface area contributed by atoms with Crippen molar-refractivity contribution in [3.8, 4) is 0 Å². The summed E-state index contributed by atoms with van der Waals surface area (Å²) in [6.45, 7) is 2.96. The fourth-order valence-corrected chi connectivity index (χ4v) is 5.01. The molecule has 41 heavy (non-hydrogen) atoms. The number of carbonyl (C=O) groups is 1. The van der Waals surface area contributed by atoms with Crippen molar-refractivity contribution in [2.45, 2.75) is 44.1 Å². The lowest BCUT2D eigenvalue weighted by atomic mass is 9.91. The molecule has 0 saturated carbocycles. The normalized spacial score (nSPS) is 19.7. The summed E-state index contributed by atoms with van der Waals surface area (Å²) in [4.78, 5) is 19.6. The molecule has 2 aromatic carbocycles. The summed E-state index contributed by atoms with van der Waals surface area (Å²) in [7, 11) is 1.50. The van der Waals surface area contributed by atoms with E-state index >= 15 is 0 Å².